The molecule has 0 spiro atoms. The number of hydrogen-bond acceptors (Lipinski definition) is 2. The van der Waals surface area contributed by atoms with Crippen LogP contribution in [0.4, 0.5) is 4.39 Å². The van der Waals surface area contributed by atoms with E-state index in [0.717, 1.165) is 6.20 Å². The lowest BCUT2D eigenvalue weighted by Crippen LogP contribution is -2.26. The first kappa shape index (κ1) is 11.9. The average molecular weight is 231 g/mol. The van der Waals surface area contributed by atoms with E-state index in [1.54, 1.807) is 0 Å². The Kier molecular flexibility index (Phi) is 4.49. The summed E-state index contributed by atoms with van der Waals surface area (Å²) in [7, 11) is 0. The summed E-state index contributed by atoms with van der Waals surface area (Å²) in [6, 6.07) is 2.54. The highest BCUT2D eigenvalue weighted by Crippen LogP contribution is 2.00. The van der Waals surface area contributed by atoms with Gasteiger partial charge in [0.05, 0.1) is 6.20 Å². The van der Waals surface area contributed by atoms with Crippen molar-refractivity contribution >= 4 is 17.5 Å². The molecule has 0 aliphatic rings. The molecule has 1 N–H and O–H groups in total. The zero-order valence-electron chi connectivity index (χ0n) is 8.34. The molecule has 1 aromatic rings. The molecule has 15 heavy (non-hydrogen) atoms. The second-order valence-corrected chi connectivity index (χ2v) is 3.93. The molecule has 0 fully saturated rings. The second-order valence-electron chi connectivity index (χ2n) is 3.19. The minimum Gasteiger partial charge on any atom is -0.351 e. The third kappa shape index (κ3) is 4.25. The van der Waals surface area contributed by atoms with E-state index in [-0.39, 0.29) is 17.0 Å². The van der Waals surface area contributed by atoms with E-state index < -0.39 is 5.82 Å². The minimum absolute atomic E-state index is 0.0199. The van der Waals surface area contributed by atoms with E-state index in [1.165, 1.54) is 12.1 Å². The van der Waals surface area contributed by atoms with Crippen LogP contribution < -0.4 is 5.32 Å². The van der Waals surface area contributed by atoms with E-state index in [2.05, 4.69) is 10.3 Å². The summed E-state index contributed by atoms with van der Waals surface area (Å²) in [5, 5.41) is 2.66. The van der Waals surface area contributed by atoms with E-state index in [4.69, 9.17) is 11.6 Å². The van der Waals surface area contributed by atoms with E-state index in [1.807, 2.05) is 6.92 Å². The number of nitrogens with one attached hydrogen (secondary N) is 1. The van der Waals surface area contributed by atoms with Crippen LogP contribution in [0.5, 0.6) is 0 Å². The summed E-state index contributed by atoms with van der Waals surface area (Å²) in [5.74, 6) is -0.770. The lowest BCUT2D eigenvalue weighted by molar-refractivity contribution is 0.0948. The van der Waals surface area contributed by atoms with Gasteiger partial charge in [0.1, 0.15) is 11.5 Å². The maximum absolute atomic E-state index is 12.5. The maximum atomic E-state index is 12.5. The molecule has 1 atom stereocenters. The Morgan fingerprint density at radius 1 is 1.67 bits per heavy atom. The van der Waals surface area contributed by atoms with Crippen molar-refractivity contribution in [2.45, 2.75) is 18.7 Å². The number of rotatable bonds is 4. The predicted octanol–water partition coefficient (Wildman–Crippen LogP) is 1.97. The Balaban J connectivity index is 2.43. The number of carbonyl (C=O) groups is 1. The zero-order chi connectivity index (χ0) is 11.3. The monoisotopic (exact) mass is 230 g/mol. The fourth-order valence-corrected chi connectivity index (χ4v) is 1.09. The first-order chi connectivity index (χ1) is 7.09. The molecular weight excluding hydrogens is 219 g/mol. The molecular formula is C10H12ClFN2O. The number of hydrogen-bond donors (Lipinski definition) is 1. The van der Waals surface area contributed by atoms with Crippen molar-refractivity contribution in [2.24, 2.45) is 0 Å². The highest BCUT2D eigenvalue weighted by atomic mass is 35.5. The third-order valence-electron chi connectivity index (χ3n) is 1.79. The van der Waals surface area contributed by atoms with Crippen LogP contribution in [0.2, 0.25) is 0 Å². The van der Waals surface area contributed by atoms with Crippen LogP contribution in [0, 0.1) is 5.82 Å². The molecule has 5 heteroatoms. The lowest BCUT2D eigenvalue weighted by Gasteiger charge is -2.05. The molecule has 0 aliphatic carbocycles. The van der Waals surface area contributed by atoms with Crippen LogP contribution in [0.1, 0.15) is 23.8 Å². The van der Waals surface area contributed by atoms with Gasteiger partial charge < -0.3 is 5.32 Å². The molecule has 1 amide bonds. The van der Waals surface area contributed by atoms with Gasteiger partial charge in [0, 0.05) is 11.9 Å². The van der Waals surface area contributed by atoms with Gasteiger partial charge in [-0.25, -0.2) is 9.37 Å². The Bertz CT molecular complexity index is 327. The third-order valence-corrected chi connectivity index (χ3v) is 2.01. The van der Waals surface area contributed by atoms with Crippen LogP contribution in [-0.4, -0.2) is 22.8 Å². The fourth-order valence-electron chi connectivity index (χ4n) is 0.985. The van der Waals surface area contributed by atoms with E-state index in [9.17, 15) is 9.18 Å². The van der Waals surface area contributed by atoms with Crippen molar-refractivity contribution in [1.29, 1.82) is 0 Å². The number of alkyl halides is 1. The first-order valence-corrected chi connectivity index (χ1v) is 5.07. The second kappa shape index (κ2) is 5.66. The maximum Gasteiger partial charge on any atom is 0.269 e. The lowest BCUT2D eigenvalue weighted by atomic mass is 10.3. The average Bonchev–Trinajstić information content (AvgIpc) is 2.18. The number of carbonyl (C=O) groups excluding carboxylic acids is 1. The van der Waals surface area contributed by atoms with E-state index >= 15 is 0 Å². The standard InChI is InChI=1S/C10H12ClFN2O/c1-7(11)4-5-13-10(15)9-3-2-8(12)6-14-9/h2-3,6-7H,4-5H2,1H3,(H,13,15). The van der Waals surface area contributed by atoms with Gasteiger partial charge in [0.2, 0.25) is 0 Å². The van der Waals surface area contributed by atoms with Crippen LogP contribution in [0.25, 0.3) is 0 Å². The Labute approximate surface area is 92.7 Å². The van der Waals surface area contributed by atoms with Crippen LogP contribution in [-0.2, 0) is 0 Å². The minimum atomic E-state index is -0.457. The van der Waals surface area contributed by atoms with Crippen LogP contribution >= 0.6 is 11.6 Å². The van der Waals surface area contributed by atoms with Gasteiger partial charge in [-0.05, 0) is 25.5 Å². The Morgan fingerprint density at radius 2 is 2.40 bits per heavy atom. The molecule has 3 nitrogen and oxygen atoms in total. The zero-order valence-corrected chi connectivity index (χ0v) is 9.09. The summed E-state index contributed by atoms with van der Waals surface area (Å²) in [4.78, 5) is 15.1. The van der Waals surface area contributed by atoms with Gasteiger partial charge in [-0.2, -0.15) is 0 Å². The summed E-state index contributed by atoms with van der Waals surface area (Å²) in [6.07, 6.45) is 1.70. The molecule has 1 aromatic heterocycles. The van der Waals surface area contributed by atoms with E-state index in [0.29, 0.717) is 13.0 Å². The predicted molar refractivity (Wildman–Crippen MR) is 56.5 cm³/mol. The highest BCUT2D eigenvalue weighted by molar-refractivity contribution is 6.20. The SMILES string of the molecule is CC(Cl)CCNC(=O)c1ccc(F)cn1. The first-order valence-electron chi connectivity index (χ1n) is 4.63. The van der Waals surface area contributed by atoms with Gasteiger partial charge in [-0.1, -0.05) is 0 Å². The van der Waals surface area contributed by atoms with Crippen molar-refractivity contribution in [3.8, 4) is 0 Å². The molecule has 1 heterocycles. The van der Waals surface area contributed by atoms with Gasteiger partial charge in [-0.15, -0.1) is 11.6 Å². The number of pyridine rings is 1. The molecule has 82 valence electrons. The Morgan fingerprint density at radius 3 is 2.93 bits per heavy atom. The highest BCUT2D eigenvalue weighted by Gasteiger charge is 2.06. The molecule has 0 aliphatic heterocycles. The number of nitrogens with zero attached hydrogens (tertiary/aromatic N) is 1. The van der Waals surface area contributed by atoms with Crippen molar-refractivity contribution in [1.82, 2.24) is 10.3 Å². The van der Waals surface area contributed by atoms with Gasteiger partial charge in [0.25, 0.3) is 5.91 Å². The summed E-state index contributed by atoms with van der Waals surface area (Å²) in [6.45, 7) is 2.34. The molecule has 0 saturated carbocycles. The topological polar surface area (TPSA) is 42.0 Å². The van der Waals surface area contributed by atoms with Crippen molar-refractivity contribution in [2.75, 3.05) is 6.54 Å². The normalized spacial score (nSPS) is 12.2. The summed E-state index contributed by atoms with van der Waals surface area (Å²) in [5.41, 5.74) is 0.207. The van der Waals surface area contributed by atoms with Crippen molar-refractivity contribution in [3.05, 3.63) is 29.8 Å². The molecule has 1 unspecified atom stereocenters. The van der Waals surface area contributed by atoms with Gasteiger partial charge in [-0.3, -0.25) is 4.79 Å². The van der Waals surface area contributed by atoms with Crippen LogP contribution in [0.15, 0.2) is 18.3 Å². The number of amides is 1. The number of aromatic nitrogens is 1. The molecule has 0 aromatic carbocycles. The van der Waals surface area contributed by atoms with Gasteiger partial charge >= 0.3 is 0 Å². The van der Waals surface area contributed by atoms with Crippen molar-refractivity contribution < 1.29 is 9.18 Å². The molecule has 0 radical (unpaired) electrons. The molecule has 0 bridgehead atoms. The fraction of sp³-hybridized carbons (Fsp3) is 0.400. The smallest absolute Gasteiger partial charge is 0.269 e. The van der Waals surface area contributed by atoms with Crippen LogP contribution in [0.3, 0.4) is 0 Å². The number of halogens is 2. The molecule has 0 saturated heterocycles. The largest absolute Gasteiger partial charge is 0.351 e. The van der Waals surface area contributed by atoms with Crippen molar-refractivity contribution in [3.63, 3.8) is 0 Å². The quantitative estimate of drug-likeness (QED) is 0.804. The Hall–Kier alpha value is -1.16. The summed E-state index contributed by atoms with van der Waals surface area (Å²) < 4.78 is 12.5. The molecule has 1 rings (SSSR count). The summed E-state index contributed by atoms with van der Waals surface area (Å²) >= 11 is 5.71. The van der Waals surface area contributed by atoms with Gasteiger partial charge in [0.15, 0.2) is 0 Å².